The van der Waals surface area contributed by atoms with Crippen LogP contribution in [0, 0.1) is 11.3 Å². The Hall–Kier alpha value is -3.00. The van der Waals surface area contributed by atoms with E-state index in [0.29, 0.717) is 5.75 Å². The van der Waals surface area contributed by atoms with Gasteiger partial charge < -0.3 is 14.6 Å². The molecule has 0 aliphatic rings. The molecule has 0 radical (unpaired) electrons. The average molecular weight is 309 g/mol. The molecule has 23 heavy (non-hydrogen) atoms. The largest absolute Gasteiger partial charge is 0.444 e. The van der Waals surface area contributed by atoms with E-state index in [1.54, 1.807) is 13.2 Å². The van der Waals surface area contributed by atoms with E-state index < -0.39 is 0 Å². The van der Waals surface area contributed by atoms with Crippen molar-refractivity contribution >= 4 is 5.69 Å². The highest BCUT2D eigenvalue weighted by Crippen LogP contribution is 2.25. The van der Waals surface area contributed by atoms with Crippen LogP contribution < -0.4 is 15.6 Å². The van der Waals surface area contributed by atoms with Gasteiger partial charge in [0.15, 0.2) is 0 Å². The molecule has 0 saturated carbocycles. The molecule has 1 aromatic carbocycles. The lowest BCUT2D eigenvalue weighted by molar-refractivity contribution is 0.436. The second-order valence-corrected chi connectivity index (χ2v) is 5.43. The molecule has 0 bridgehead atoms. The van der Waals surface area contributed by atoms with Crippen molar-refractivity contribution in [3.63, 3.8) is 0 Å². The van der Waals surface area contributed by atoms with E-state index in [4.69, 9.17) is 4.74 Å². The van der Waals surface area contributed by atoms with Crippen LogP contribution in [-0.4, -0.2) is 4.57 Å². The molecule has 0 aliphatic heterocycles. The van der Waals surface area contributed by atoms with Gasteiger partial charge in [0.05, 0.1) is 6.20 Å². The molecule has 5 heteroatoms. The van der Waals surface area contributed by atoms with Gasteiger partial charge in [0.1, 0.15) is 11.8 Å². The minimum absolute atomic E-state index is 0.0870. The molecule has 1 N–H and O–H groups in total. The Bertz CT molecular complexity index is 799. The highest BCUT2D eigenvalue weighted by Gasteiger charge is 2.12. The van der Waals surface area contributed by atoms with Crippen LogP contribution in [0.25, 0.3) is 0 Å². The zero-order valence-corrected chi connectivity index (χ0v) is 13.4. The van der Waals surface area contributed by atoms with Crippen molar-refractivity contribution in [2.45, 2.75) is 19.8 Å². The minimum Gasteiger partial charge on any atom is -0.444 e. The summed E-state index contributed by atoms with van der Waals surface area (Å²) in [4.78, 5) is 11.8. The summed E-state index contributed by atoms with van der Waals surface area (Å²) in [6.45, 7) is 4.01. The summed E-state index contributed by atoms with van der Waals surface area (Å²) in [5, 5.41) is 12.2. The van der Waals surface area contributed by atoms with Crippen molar-refractivity contribution in [1.82, 2.24) is 4.57 Å². The first kappa shape index (κ1) is 16.4. The van der Waals surface area contributed by atoms with E-state index in [2.05, 4.69) is 5.32 Å². The molecule has 2 rings (SSSR count). The summed E-state index contributed by atoms with van der Waals surface area (Å²) in [6, 6.07) is 12.8. The van der Waals surface area contributed by atoms with E-state index in [-0.39, 0.29) is 17.2 Å². The van der Waals surface area contributed by atoms with Gasteiger partial charge in [-0.15, -0.1) is 0 Å². The van der Waals surface area contributed by atoms with Gasteiger partial charge in [-0.1, -0.05) is 32.0 Å². The van der Waals surface area contributed by atoms with Crippen molar-refractivity contribution in [2.24, 2.45) is 7.05 Å². The summed E-state index contributed by atoms with van der Waals surface area (Å²) in [5.41, 5.74) is 1.53. The number of nitrogens with zero attached hydrogens (tertiary/aromatic N) is 2. The first-order valence-corrected chi connectivity index (χ1v) is 7.31. The smallest absolute Gasteiger partial charge is 0.254 e. The lowest BCUT2D eigenvalue weighted by atomic mass is 10.0. The molecule has 0 unspecified atom stereocenters. The van der Waals surface area contributed by atoms with Crippen molar-refractivity contribution in [2.75, 3.05) is 5.32 Å². The Morgan fingerprint density at radius 2 is 2.04 bits per heavy atom. The van der Waals surface area contributed by atoms with Gasteiger partial charge in [-0.3, -0.25) is 4.79 Å². The number of nitriles is 1. The molecular weight excluding hydrogens is 290 g/mol. The second kappa shape index (κ2) is 7.32. The fourth-order valence-electron chi connectivity index (χ4n) is 2.04. The van der Waals surface area contributed by atoms with E-state index in [9.17, 15) is 10.1 Å². The zero-order chi connectivity index (χ0) is 16.8. The van der Waals surface area contributed by atoms with Crippen molar-refractivity contribution in [3.05, 3.63) is 70.5 Å². The van der Waals surface area contributed by atoms with Gasteiger partial charge in [0.2, 0.25) is 5.76 Å². The quantitative estimate of drug-likeness (QED) is 0.679. The Labute approximate surface area is 135 Å². The number of para-hydroxylation sites is 1. The summed E-state index contributed by atoms with van der Waals surface area (Å²) in [5.74, 6) is 0.661. The van der Waals surface area contributed by atoms with Crippen LogP contribution in [0.1, 0.15) is 25.3 Å². The third kappa shape index (κ3) is 4.24. The Balaban J connectivity index is 2.27. The molecule has 0 spiro atoms. The molecule has 1 aromatic heterocycles. The summed E-state index contributed by atoms with van der Waals surface area (Å²) in [7, 11) is 1.69. The number of aryl methyl sites for hydroxylation is 1. The summed E-state index contributed by atoms with van der Waals surface area (Å²) < 4.78 is 7.14. The topological polar surface area (TPSA) is 67.0 Å². The molecular formula is C18H19N3O2. The number of benzene rings is 1. The monoisotopic (exact) mass is 309 g/mol. The van der Waals surface area contributed by atoms with Gasteiger partial charge in [-0.05, 0) is 18.1 Å². The number of hydrogen-bond acceptors (Lipinski definition) is 4. The number of pyridine rings is 1. The van der Waals surface area contributed by atoms with E-state index in [0.717, 1.165) is 11.3 Å². The van der Waals surface area contributed by atoms with Crippen molar-refractivity contribution in [3.8, 4) is 11.8 Å². The highest BCUT2D eigenvalue weighted by molar-refractivity contribution is 5.46. The lowest BCUT2D eigenvalue weighted by Gasteiger charge is -2.14. The van der Waals surface area contributed by atoms with Crippen molar-refractivity contribution < 1.29 is 4.74 Å². The molecule has 118 valence electrons. The lowest BCUT2D eigenvalue weighted by Crippen LogP contribution is -2.17. The summed E-state index contributed by atoms with van der Waals surface area (Å²) in [6.07, 6.45) is 3.22. The van der Waals surface area contributed by atoms with Gasteiger partial charge in [0, 0.05) is 30.6 Å². The predicted molar refractivity (Wildman–Crippen MR) is 90.2 cm³/mol. The fraction of sp³-hybridized carbons (Fsp3) is 0.222. The Morgan fingerprint density at radius 1 is 1.35 bits per heavy atom. The maximum atomic E-state index is 11.8. The molecule has 0 amide bonds. The molecule has 0 fully saturated rings. The van der Waals surface area contributed by atoms with E-state index in [1.807, 2.05) is 50.2 Å². The first-order valence-electron chi connectivity index (χ1n) is 7.31. The Morgan fingerprint density at radius 3 is 2.65 bits per heavy atom. The molecule has 1 heterocycles. The number of rotatable bonds is 5. The Kier molecular flexibility index (Phi) is 5.21. The SMILES string of the molecule is CC(C)c1cn(C)c(=O)cc1O/C(C#N)=C/Nc1ccccc1. The normalized spacial score (nSPS) is 11.2. The molecule has 2 aromatic rings. The minimum atomic E-state index is -0.183. The van der Waals surface area contributed by atoms with E-state index in [1.165, 1.54) is 16.8 Å². The standard InChI is InChI=1S/C18H19N3O2/c1-13(2)16-12-21(3)18(22)9-17(16)23-15(10-19)11-20-14-7-5-4-6-8-14/h4-9,11-13,20H,1-3H3/b15-11+. The number of aromatic nitrogens is 1. The van der Waals surface area contributed by atoms with Crippen LogP contribution >= 0.6 is 0 Å². The van der Waals surface area contributed by atoms with Crippen LogP contribution in [0.3, 0.4) is 0 Å². The number of nitrogens with one attached hydrogen (secondary N) is 1. The molecule has 0 atom stereocenters. The average Bonchev–Trinajstić information content (AvgIpc) is 2.55. The van der Waals surface area contributed by atoms with Gasteiger partial charge in [0.25, 0.3) is 5.56 Å². The van der Waals surface area contributed by atoms with Crippen LogP contribution in [0.4, 0.5) is 5.69 Å². The molecule has 0 saturated heterocycles. The zero-order valence-electron chi connectivity index (χ0n) is 13.4. The van der Waals surface area contributed by atoms with Gasteiger partial charge >= 0.3 is 0 Å². The third-order valence-electron chi connectivity index (χ3n) is 3.32. The maximum absolute atomic E-state index is 11.8. The molecule has 5 nitrogen and oxygen atoms in total. The number of allylic oxidation sites excluding steroid dienone is 1. The summed E-state index contributed by atoms with van der Waals surface area (Å²) >= 11 is 0. The van der Waals surface area contributed by atoms with Gasteiger partial charge in [-0.2, -0.15) is 5.26 Å². The fourth-order valence-corrected chi connectivity index (χ4v) is 2.04. The maximum Gasteiger partial charge on any atom is 0.254 e. The second-order valence-electron chi connectivity index (χ2n) is 5.43. The predicted octanol–water partition coefficient (Wildman–Crippen LogP) is 3.36. The van der Waals surface area contributed by atoms with Crippen LogP contribution in [0.2, 0.25) is 0 Å². The van der Waals surface area contributed by atoms with Crippen molar-refractivity contribution in [1.29, 1.82) is 5.26 Å². The number of ether oxygens (including phenoxy) is 1. The number of anilines is 1. The third-order valence-corrected chi connectivity index (χ3v) is 3.32. The molecule has 0 aliphatic carbocycles. The van der Waals surface area contributed by atoms with Crippen LogP contribution in [0.15, 0.2) is 59.3 Å². The first-order chi connectivity index (χ1) is 11.0. The van der Waals surface area contributed by atoms with E-state index >= 15 is 0 Å². The van der Waals surface area contributed by atoms with Gasteiger partial charge in [-0.25, -0.2) is 0 Å². The highest BCUT2D eigenvalue weighted by atomic mass is 16.5. The van der Waals surface area contributed by atoms with Crippen LogP contribution in [0.5, 0.6) is 5.75 Å². The number of hydrogen-bond donors (Lipinski definition) is 1. The van der Waals surface area contributed by atoms with Crippen LogP contribution in [-0.2, 0) is 7.05 Å².